The van der Waals surface area contributed by atoms with Crippen LogP contribution in [0.15, 0.2) is 35.2 Å². The van der Waals surface area contributed by atoms with Gasteiger partial charge in [-0.3, -0.25) is 9.69 Å². The van der Waals surface area contributed by atoms with Crippen LogP contribution in [0.2, 0.25) is 0 Å². The number of hydrogen-bond acceptors (Lipinski definition) is 5. The molecule has 5 nitrogen and oxygen atoms in total. The van der Waals surface area contributed by atoms with Crippen LogP contribution in [0.4, 0.5) is 4.79 Å². The van der Waals surface area contributed by atoms with E-state index in [0.29, 0.717) is 6.61 Å². The Hall–Kier alpha value is -1.69. The van der Waals surface area contributed by atoms with Crippen molar-refractivity contribution in [3.63, 3.8) is 0 Å². The Kier molecular flexibility index (Phi) is 4.29. The number of carbonyl (C=O) groups is 2. The van der Waals surface area contributed by atoms with E-state index in [2.05, 4.69) is 0 Å². The number of likely N-dealkylation sites (tertiary alicyclic amines) is 1. The quantitative estimate of drug-likeness (QED) is 0.798. The monoisotopic (exact) mass is 321 g/mol. The Balaban J connectivity index is 1.72. The summed E-state index contributed by atoms with van der Waals surface area (Å²) in [4.78, 5) is 26.9. The van der Waals surface area contributed by atoms with Crippen molar-refractivity contribution in [3.05, 3.63) is 30.3 Å². The Morgan fingerprint density at radius 3 is 2.68 bits per heavy atom. The minimum absolute atomic E-state index is 0.00975. The summed E-state index contributed by atoms with van der Waals surface area (Å²) in [6.45, 7) is 2.16. The molecule has 1 saturated heterocycles. The lowest BCUT2D eigenvalue weighted by Gasteiger charge is -2.27. The molecule has 1 saturated carbocycles. The molecule has 1 amide bonds. The van der Waals surface area contributed by atoms with Crippen LogP contribution in [0, 0.1) is 11.8 Å². The molecule has 0 aromatic heterocycles. The molecule has 0 spiro atoms. The van der Waals surface area contributed by atoms with E-state index in [-0.39, 0.29) is 35.3 Å². The van der Waals surface area contributed by atoms with Gasteiger partial charge >= 0.3 is 12.1 Å². The number of benzene rings is 1. The highest BCUT2D eigenvalue weighted by molar-refractivity contribution is 8.00. The smallest absolute Gasteiger partial charge is 0.410 e. The first-order valence-corrected chi connectivity index (χ1v) is 8.30. The van der Waals surface area contributed by atoms with Crippen molar-refractivity contribution in [2.24, 2.45) is 11.8 Å². The van der Waals surface area contributed by atoms with Crippen LogP contribution in [0.5, 0.6) is 0 Å². The first kappa shape index (κ1) is 15.2. The molecule has 2 fully saturated rings. The summed E-state index contributed by atoms with van der Waals surface area (Å²) in [6.07, 6.45) is 0.427. The van der Waals surface area contributed by atoms with Gasteiger partial charge in [0.2, 0.25) is 0 Å². The molecular formula is C16H19NO4S. The van der Waals surface area contributed by atoms with Crippen molar-refractivity contribution in [2.75, 3.05) is 13.7 Å². The third-order valence-electron chi connectivity index (χ3n) is 4.19. The molecule has 2 aliphatic rings. The summed E-state index contributed by atoms with van der Waals surface area (Å²) in [5.74, 6) is -0.194. The summed E-state index contributed by atoms with van der Waals surface area (Å²) in [6, 6.07) is 9.88. The summed E-state index contributed by atoms with van der Waals surface area (Å²) in [7, 11) is 1.38. The van der Waals surface area contributed by atoms with E-state index in [9.17, 15) is 9.59 Å². The predicted molar refractivity (Wildman–Crippen MR) is 82.3 cm³/mol. The van der Waals surface area contributed by atoms with Crippen molar-refractivity contribution in [1.82, 2.24) is 4.90 Å². The van der Waals surface area contributed by atoms with Crippen molar-refractivity contribution in [3.8, 4) is 0 Å². The molecule has 118 valence electrons. The third kappa shape index (κ3) is 2.67. The number of hydrogen-bond donors (Lipinski definition) is 0. The Morgan fingerprint density at radius 2 is 2.05 bits per heavy atom. The number of methoxy groups -OCH3 is 1. The first-order valence-electron chi connectivity index (χ1n) is 7.42. The fourth-order valence-electron chi connectivity index (χ4n) is 3.22. The zero-order valence-electron chi connectivity index (χ0n) is 12.6. The lowest BCUT2D eigenvalue weighted by Crippen LogP contribution is -2.39. The van der Waals surface area contributed by atoms with Crippen LogP contribution in [0.25, 0.3) is 0 Å². The van der Waals surface area contributed by atoms with Crippen LogP contribution in [0.1, 0.15) is 13.3 Å². The number of amides is 1. The van der Waals surface area contributed by atoms with Crippen LogP contribution < -0.4 is 0 Å². The largest absolute Gasteiger partial charge is 0.466 e. The van der Waals surface area contributed by atoms with E-state index in [1.165, 1.54) is 7.11 Å². The van der Waals surface area contributed by atoms with Gasteiger partial charge < -0.3 is 9.47 Å². The number of nitrogens with zero attached hydrogens (tertiary/aromatic N) is 1. The van der Waals surface area contributed by atoms with E-state index in [1.54, 1.807) is 23.6 Å². The number of rotatable bonds is 4. The molecule has 0 bridgehead atoms. The molecule has 1 aromatic rings. The molecule has 1 unspecified atom stereocenters. The lowest BCUT2D eigenvalue weighted by molar-refractivity contribution is -0.145. The van der Waals surface area contributed by atoms with E-state index >= 15 is 0 Å². The zero-order valence-corrected chi connectivity index (χ0v) is 13.4. The number of esters is 1. The summed E-state index contributed by atoms with van der Waals surface area (Å²) in [5.41, 5.74) is 0. The Labute approximate surface area is 134 Å². The third-order valence-corrected chi connectivity index (χ3v) is 5.43. The molecular weight excluding hydrogens is 302 g/mol. The summed E-state index contributed by atoms with van der Waals surface area (Å²) < 4.78 is 10.0. The topological polar surface area (TPSA) is 55.8 Å². The highest BCUT2D eigenvalue weighted by atomic mass is 32.2. The van der Waals surface area contributed by atoms with Gasteiger partial charge in [0.1, 0.15) is 0 Å². The van der Waals surface area contributed by atoms with Gasteiger partial charge in [0.05, 0.1) is 31.1 Å². The maximum atomic E-state index is 12.1. The zero-order chi connectivity index (χ0) is 15.7. The molecule has 1 heterocycles. The SMILES string of the molecule is CCOC(=O)[C@H]1[C@@H]2CC(Sc3ccccc3)N(C(=O)OC)[C@@H]21. The predicted octanol–water partition coefficient (Wildman–Crippen LogP) is 2.75. The van der Waals surface area contributed by atoms with E-state index in [0.717, 1.165) is 11.3 Å². The van der Waals surface area contributed by atoms with E-state index in [1.807, 2.05) is 30.3 Å². The molecule has 3 rings (SSSR count). The fraction of sp³-hybridized carbons (Fsp3) is 0.500. The van der Waals surface area contributed by atoms with Crippen LogP contribution in [-0.4, -0.2) is 42.1 Å². The van der Waals surface area contributed by atoms with Gasteiger partial charge in [-0.2, -0.15) is 0 Å². The van der Waals surface area contributed by atoms with E-state index < -0.39 is 0 Å². The maximum Gasteiger partial charge on any atom is 0.410 e. The van der Waals surface area contributed by atoms with Crippen molar-refractivity contribution in [2.45, 2.75) is 29.7 Å². The number of carbonyl (C=O) groups excluding carboxylic acids is 2. The van der Waals surface area contributed by atoms with Gasteiger partial charge in [0, 0.05) is 4.90 Å². The van der Waals surface area contributed by atoms with Gasteiger partial charge in [-0.25, -0.2) is 4.79 Å². The Bertz CT molecular complexity index is 565. The van der Waals surface area contributed by atoms with Gasteiger partial charge in [0.15, 0.2) is 0 Å². The normalized spacial score (nSPS) is 28.9. The van der Waals surface area contributed by atoms with Crippen molar-refractivity contribution in [1.29, 1.82) is 0 Å². The van der Waals surface area contributed by atoms with Crippen LogP contribution in [-0.2, 0) is 14.3 Å². The fourth-order valence-corrected chi connectivity index (χ4v) is 4.50. The van der Waals surface area contributed by atoms with E-state index in [4.69, 9.17) is 9.47 Å². The second-order valence-corrected chi connectivity index (χ2v) is 6.68. The minimum Gasteiger partial charge on any atom is -0.466 e. The molecule has 1 aliphatic carbocycles. The second kappa shape index (κ2) is 6.20. The maximum absolute atomic E-state index is 12.1. The van der Waals surface area contributed by atoms with Gasteiger partial charge in [-0.15, -0.1) is 11.8 Å². The lowest BCUT2D eigenvalue weighted by atomic mass is 10.2. The second-order valence-electron chi connectivity index (χ2n) is 5.43. The average molecular weight is 321 g/mol. The number of thioether (sulfide) groups is 1. The number of fused-ring (bicyclic) bond motifs is 1. The van der Waals surface area contributed by atoms with Crippen LogP contribution in [0.3, 0.4) is 0 Å². The van der Waals surface area contributed by atoms with Gasteiger partial charge in [0.25, 0.3) is 0 Å². The summed E-state index contributed by atoms with van der Waals surface area (Å²) in [5, 5.41) is 0.00975. The molecule has 4 atom stereocenters. The molecule has 6 heteroatoms. The molecule has 1 aromatic carbocycles. The number of piperidine rings is 1. The summed E-state index contributed by atoms with van der Waals surface area (Å²) >= 11 is 1.64. The van der Waals surface area contributed by atoms with Gasteiger partial charge in [-0.1, -0.05) is 18.2 Å². The molecule has 0 N–H and O–H groups in total. The highest BCUT2D eigenvalue weighted by Crippen LogP contribution is 2.57. The van der Waals surface area contributed by atoms with Crippen LogP contribution >= 0.6 is 11.8 Å². The molecule has 1 aliphatic heterocycles. The Morgan fingerprint density at radius 1 is 1.32 bits per heavy atom. The number of ether oxygens (including phenoxy) is 2. The van der Waals surface area contributed by atoms with Crippen molar-refractivity contribution < 1.29 is 19.1 Å². The van der Waals surface area contributed by atoms with Gasteiger partial charge in [-0.05, 0) is 31.4 Å². The van der Waals surface area contributed by atoms with Crippen molar-refractivity contribution >= 4 is 23.8 Å². The molecule has 22 heavy (non-hydrogen) atoms. The average Bonchev–Trinajstić information content (AvgIpc) is 3.10. The molecule has 0 radical (unpaired) electrons. The highest BCUT2D eigenvalue weighted by Gasteiger charge is 2.66. The first-order chi connectivity index (χ1) is 10.7. The minimum atomic E-state index is -0.368. The standard InChI is InChI=1S/C16H19NO4S/c1-3-21-15(18)13-11-9-12(17(14(11)13)16(19)20-2)22-10-7-5-4-6-8-10/h4-8,11-14H,3,9H2,1-2H3/t11-,12?,13-,14-/m0/s1.